The summed E-state index contributed by atoms with van der Waals surface area (Å²) in [6.45, 7) is 0.890. The predicted molar refractivity (Wildman–Crippen MR) is 66.9 cm³/mol. The molecule has 0 atom stereocenters. The third kappa shape index (κ3) is 2.76. The third-order valence-electron chi connectivity index (χ3n) is 2.48. The minimum atomic E-state index is 0.761. The molecule has 84 valence electrons. The zero-order valence-corrected chi connectivity index (χ0v) is 9.91. The molecule has 1 aromatic carbocycles. The van der Waals surface area contributed by atoms with Crippen LogP contribution in [0.5, 0.6) is 0 Å². The van der Waals surface area contributed by atoms with Gasteiger partial charge in [-0.15, -0.1) is 0 Å². The molecule has 2 aromatic rings. The molecule has 4 heteroatoms. The lowest BCUT2D eigenvalue weighted by atomic mass is 10.3. The number of anilines is 1. The zero-order valence-electron chi connectivity index (χ0n) is 9.15. The smallest absolute Gasteiger partial charge is 0.0492 e. The van der Waals surface area contributed by atoms with Gasteiger partial charge in [-0.25, -0.2) is 0 Å². The van der Waals surface area contributed by atoms with Gasteiger partial charge in [0.15, 0.2) is 0 Å². The van der Waals surface area contributed by atoms with Crippen molar-refractivity contribution in [3.05, 3.63) is 47.2 Å². The van der Waals surface area contributed by atoms with Gasteiger partial charge in [0, 0.05) is 42.6 Å². The second-order valence-electron chi connectivity index (χ2n) is 3.63. The molecule has 16 heavy (non-hydrogen) atoms. The first-order valence-corrected chi connectivity index (χ1v) is 5.60. The highest BCUT2D eigenvalue weighted by Crippen LogP contribution is 2.13. The van der Waals surface area contributed by atoms with Crippen LogP contribution in [-0.4, -0.2) is 16.3 Å². The van der Waals surface area contributed by atoms with Gasteiger partial charge >= 0.3 is 0 Å². The second-order valence-corrected chi connectivity index (χ2v) is 4.07. The number of rotatable bonds is 4. The van der Waals surface area contributed by atoms with Crippen molar-refractivity contribution in [1.82, 2.24) is 9.78 Å². The van der Waals surface area contributed by atoms with Crippen LogP contribution < -0.4 is 5.32 Å². The topological polar surface area (TPSA) is 29.9 Å². The molecule has 0 radical (unpaired) electrons. The molecular formula is C12H14ClN3. The summed E-state index contributed by atoms with van der Waals surface area (Å²) < 4.78 is 1.89. The Labute approximate surface area is 100 Å². The van der Waals surface area contributed by atoms with Crippen molar-refractivity contribution >= 4 is 17.3 Å². The highest BCUT2D eigenvalue weighted by atomic mass is 35.5. The van der Waals surface area contributed by atoms with Crippen molar-refractivity contribution in [3.63, 3.8) is 0 Å². The Morgan fingerprint density at radius 2 is 2.00 bits per heavy atom. The minimum absolute atomic E-state index is 0.761. The van der Waals surface area contributed by atoms with Crippen LogP contribution in [0, 0.1) is 0 Å². The average molecular weight is 236 g/mol. The van der Waals surface area contributed by atoms with Crippen molar-refractivity contribution in [3.8, 4) is 0 Å². The Bertz CT molecular complexity index is 448. The van der Waals surface area contributed by atoms with Crippen molar-refractivity contribution in [1.29, 1.82) is 0 Å². The fourth-order valence-corrected chi connectivity index (χ4v) is 1.68. The number of halogens is 1. The Kier molecular flexibility index (Phi) is 3.47. The van der Waals surface area contributed by atoms with E-state index in [1.807, 2.05) is 48.3 Å². The molecule has 0 aliphatic rings. The predicted octanol–water partition coefficient (Wildman–Crippen LogP) is 2.73. The molecule has 2 rings (SSSR count). The van der Waals surface area contributed by atoms with Crippen LogP contribution in [-0.2, 0) is 13.5 Å². The van der Waals surface area contributed by atoms with E-state index in [0.29, 0.717) is 0 Å². The number of nitrogens with zero attached hydrogens (tertiary/aromatic N) is 2. The fraction of sp³-hybridized carbons (Fsp3) is 0.250. The molecule has 0 aliphatic heterocycles. The maximum atomic E-state index is 5.81. The van der Waals surface area contributed by atoms with Crippen LogP contribution in [0.25, 0.3) is 0 Å². The average Bonchev–Trinajstić information content (AvgIpc) is 2.68. The van der Waals surface area contributed by atoms with E-state index in [-0.39, 0.29) is 0 Å². The SMILES string of the molecule is Cn1nccc1CCNc1ccc(Cl)cc1. The van der Waals surface area contributed by atoms with E-state index in [9.17, 15) is 0 Å². The van der Waals surface area contributed by atoms with Gasteiger partial charge < -0.3 is 5.32 Å². The Morgan fingerprint density at radius 1 is 1.25 bits per heavy atom. The lowest BCUT2D eigenvalue weighted by Gasteiger charge is -2.06. The van der Waals surface area contributed by atoms with Crippen LogP contribution in [0.4, 0.5) is 5.69 Å². The van der Waals surface area contributed by atoms with Gasteiger partial charge in [-0.05, 0) is 30.3 Å². The van der Waals surface area contributed by atoms with E-state index in [1.54, 1.807) is 0 Å². The molecule has 0 fully saturated rings. The van der Waals surface area contributed by atoms with Crippen molar-refractivity contribution in [2.75, 3.05) is 11.9 Å². The first-order valence-electron chi connectivity index (χ1n) is 5.22. The summed E-state index contributed by atoms with van der Waals surface area (Å²) in [5.74, 6) is 0. The number of aryl methyl sites for hydroxylation is 1. The molecule has 0 saturated heterocycles. The molecule has 0 aliphatic carbocycles. The molecule has 0 bridgehead atoms. The number of nitrogens with one attached hydrogen (secondary N) is 1. The van der Waals surface area contributed by atoms with Gasteiger partial charge in [-0.2, -0.15) is 5.10 Å². The van der Waals surface area contributed by atoms with Gasteiger partial charge in [0.25, 0.3) is 0 Å². The largest absolute Gasteiger partial charge is 0.385 e. The molecule has 0 amide bonds. The van der Waals surface area contributed by atoms with Gasteiger partial charge in [-0.3, -0.25) is 4.68 Å². The van der Waals surface area contributed by atoms with E-state index in [4.69, 9.17) is 11.6 Å². The summed E-state index contributed by atoms with van der Waals surface area (Å²) in [6, 6.07) is 9.75. The number of aromatic nitrogens is 2. The van der Waals surface area contributed by atoms with Crippen molar-refractivity contribution in [2.24, 2.45) is 7.05 Å². The van der Waals surface area contributed by atoms with E-state index >= 15 is 0 Å². The van der Waals surface area contributed by atoms with E-state index < -0.39 is 0 Å². The van der Waals surface area contributed by atoms with E-state index in [1.165, 1.54) is 5.69 Å². The highest BCUT2D eigenvalue weighted by molar-refractivity contribution is 6.30. The van der Waals surface area contributed by atoms with Crippen molar-refractivity contribution in [2.45, 2.75) is 6.42 Å². The normalized spacial score (nSPS) is 10.4. The highest BCUT2D eigenvalue weighted by Gasteiger charge is 1.98. The molecule has 0 spiro atoms. The van der Waals surface area contributed by atoms with Crippen LogP contribution in [0.2, 0.25) is 5.02 Å². The molecule has 1 heterocycles. The number of hydrogen-bond acceptors (Lipinski definition) is 2. The first kappa shape index (κ1) is 11.0. The van der Waals surface area contributed by atoms with E-state index in [2.05, 4.69) is 10.4 Å². The molecule has 1 N–H and O–H groups in total. The monoisotopic (exact) mass is 235 g/mol. The van der Waals surface area contributed by atoms with Crippen LogP contribution in [0.3, 0.4) is 0 Å². The molecule has 0 unspecified atom stereocenters. The minimum Gasteiger partial charge on any atom is -0.385 e. The summed E-state index contributed by atoms with van der Waals surface area (Å²) in [5, 5.41) is 8.22. The maximum absolute atomic E-state index is 5.81. The second kappa shape index (κ2) is 5.03. The lowest BCUT2D eigenvalue weighted by molar-refractivity contribution is 0.711. The summed E-state index contributed by atoms with van der Waals surface area (Å²) in [7, 11) is 1.96. The summed E-state index contributed by atoms with van der Waals surface area (Å²) in [5.41, 5.74) is 2.31. The number of hydrogen-bond donors (Lipinski definition) is 1. The fourth-order valence-electron chi connectivity index (χ4n) is 1.55. The van der Waals surface area contributed by atoms with Gasteiger partial charge in [-0.1, -0.05) is 11.6 Å². The molecule has 3 nitrogen and oxygen atoms in total. The van der Waals surface area contributed by atoms with Crippen LogP contribution in [0.15, 0.2) is 36.5 Å². The Balaban J connectivity index is 1.84. The summed E-state index contributed by atoms with van der Waals surface area (Å²) >= 11 is 5.81. The molecular weight excluding hydrogens is 222 g/mol. The van der Waals surface area contributed by atoms with Gasteiger partial charge in [0.05, 0.1) is 0 Å². The first-order chi connectivity index (χ1) is 7.75. The third-order valence-corrected chi connectivity index (χ3v) is 2.73. The molecule has 1 aromatic heterocycles. The van der Waals surface area contributed by atoms with Gasteiger partial charge in [0.2, 0.25) is 0 Å². The van der Waals surface area contributed by atoms with Crippen LogP contribution in [0.1, 0.15) is 5.69 Å². The van der Waals surface area contributed by atoms with Gasteiger partial charge in [0.1, 0.15) is 0 Å². The molecule has 0 saturated carbocycles. The van der Waals surface area contributed by atoms with Crippen LogP contribution >= 0.6 is 11.6 Å². The Hall–Kier alpha value is -1.48. The summed E-state index contributed by atoms with van der Waals surface area (Å²) in [4.78, 5) is 0. The standard InChI is InChI=1S/C12H14ClN3/c1-16-12(7-9-15-16)6-8-14-11-4-2-10(13)3-5-11/h2-5,7,9,14H,6,8H2,1H3. The zero-order chi connectivity index (χ0) is 11.4. The lowest BCUT2D eigenvalue weighted by Crippen LogP contribution is -2.08. The Morgan fingerprint density at radius 3 is 2.62 bits per heavy atom. The number of benzene rings is 1. The van der Waals surface area contributed by atoms with Crippen molar-refractivity contribution < 1.29 is 0 Å². The summed E-state index contributed by atoms with van der Waals surface area (Å²) in [6.07, 6.45) is 2.77. The maximum Gasteiger partial charge on any atom is 0.0492 e. The van der Waals surface area contributed by atoms with E-state index in [0.717, 1.165) is 23.7 Å². The quantitative estimate of drug-likeness (QED) is 0.883.